The Morgan fingerprint density at radius 1 is 0.902 bits per heavy atom. The molecule has 0 unspecified atom stereocenters. The third-order valence-corrected chi connectivity index (χ3v) is 7.09. The molecule has 0 radical (unpaired) electrons. The zero-order valence-corrected chi connectivity index (χ0v) is 21.6. The van der Waals surface area contributed by atoms with Crippen molar-refractivity contribution in [1.29, 1.82) is 0 Å². The molecule has 0 spiro atoms. The number of phenolic OH excluding ortho intramolecular Hbond substituents is 1. The van der Waals surface area contributed by atoms with Crippen LogP contribution in [0.5, 0.6) is 11.5 Å². The lowest BCUT2D eigenvalue weighted by Gasteiger charge is -2.41. The van der Waals surface area contributed by atoms with Gasteiger partial charge in [0.15, 0.2) is 0 Å². The first-order valence-corrected chi connectivity index (χ1v) is 12.8. The number of benzene rings is 2. The molecule has 1 aliphatic carbocycles. The minimum absolute atomic E-state index is 0.0224. The molecule has 2 aromatic rings. The number of rotatable bonds is 8. The monoisotopic (exact) mass is 580 g/mol. The molecule has 4 rings (SSSR count). The number of aliphatic hydroxyl groups is 7. The summed E-state index contributed by atoms with van der Waals surface area (Å²) in [6.07, 6.45) is -13.6. The summed E-state index contributed by atoms with van der Waals surface area (Å²) in [6, 6.07) is 11.5. The molecule has 1 heterocycles. The average molecular weight is 581 g/mol. The quantitative estimate of drug-likeness (QED) is 0.159. The van der Waals surface area contributed by atoms with Gasteiger partial charge in [-0.25, -0.2) is 9.59 Å². The Bertz CT molecular complexity index is 1210. The lowest BCUT2D eigenvalue weighted by atomic mass is 9.78. The molecule has 2 fully saturated rings. The van der Waals surface area contributed by atoms with Crippen molar-refractivity contribution in [2.24, 2.45) is 0 Å². The first-order valence-electron chi connectivity index (χ1n) is 12.8. The smallest absolute Gasteiger partial charge is 0.344 e. The van der Waals surface area contributed by atoms with E-state index in [-0.39, 0.29) is 35.5 Å². The highest BCUT2D eigenvalue weighted by Gasteiger charge is 2.56. The second-order valence-corrected chi connectivity index (χ2v) is 9.90. The lowest BCUT2D eigenvalue weighted by molar-refractivity contribution is -0.277. The van der Waals surface area contributed by atoms with E-state index in [1.54, 1.807) is 18.2 Å². The fourth-order valence-electron chi connectivity index (χ4n) is 4.60. The van der Waals surface area contributed by atoms with Crippen molar-refractivity contribution in [2.45, 2.75) is 74.1 Å². The number of aliphatic hydroxyl groups excluding tert-OH is 6. The molecule has 8 N–H and O–H groups in total. The number of carbonyl (C=O) groups excluding carboxylic acids is 2. The summed E-state index contributed by atoms with van der Waals surface area (Å²) < 4.78 is 21.5. The highest BCUT2D eigenvalue weighted by atomic mass is 16.7. The van der Waals surface area contributed by atoms with E-state index in [1.807, 2.05) is 0 Å². The summed E-state index contributed by atoms with van der Waals surface area (Å²) in [7, 11) is 0. The largest absolute Gasteiger partial charge is 0.508 e. The summed E-state index contributed by atoms with van der Waals surface area (Å²) in [5, 5.41) is 81.9. The Morgan fingerprint density at radius 2 is 1.61 bits per heavy atom. The minimum atomic E-state index is -2.82. The number of aromatic hydroxyl groups is 1. The minimum Gasteiger partial charge on any atom is -0.508 e. The van der Waals surface area contributed by atoms with Crippen molar-refractivity contribution in [3.63, 3.8) is 0 Å². The second kappa shape index (κ2) is 12.7. The van der Waals surface area contributed by atoms with Gasteiger partial charge in [0, 0.05) is 5.56 Å². The fraction of sp³-hybridized carbons (Fsp3) is 0.481. The van der Waals surface area contributed by atoms with Crippen molar-refractivity contribution < 1.29 is 69.4 Å². The maximum Gasteiger partial charge on any atom is 0.344 e. The standard InChI is InChI=1S/C27H32O14/c28-15-6-8-17(14(10-15)11-39-26(36)27(37)19(30)9-7-16(29)23(27)34)40-25-22(33)21(32)20(31)18(41-25)12-38-24(35)13-4-2-1-3-5-13/h1-6,8,10,16,18-23,25,28-34,37H,7,9,11-12H2/t16-,18-,19+,20-,21-,22-,23-,25+,27+/m0/s1. The maximum absolute atomic E-state index is 12.7. The van der Waals surface area contributed by atoms with Gasteiger partial charge >= 0.3 is 11.9 Å². The van der Waals surface area contributed by atoms with Crippen LogP contribution in [-0.4, -0.2) is 114 Å². The predicted molar refractivity (Wildman–Crippen MR) is 134 cm³/mol. The topological polar surface area (TPSA) is 233 Å². The Hall–Kier alpha value is -3.34. The van der Waals surface area contributed by atoms with Crippen molar-refractivity contribution in [3.8, 4) is 11.5 Å². The van der Waals surface area contributed by atoms with Crippen molar-refractivity contribution in [1.82, 2.24) is 0 Å². The van der Waals surface area contributed by atoms with Crippen molar-refractivity contribution in [2.75, 3.05) is 6.61 Å². The van der Waals surface area contributed by atoms with Crippen LogP contribution in [-0.2, 0) is 25.6 Å². The molecule has 0 amide bonds. The van der Waals surface area contributed by atoms with Gasteiger partial charge in [-0.2, -0.15) is 0 Å². The molecule has 41 heavy (non-hydrogen) atoms. The average Bonchev–Trinajstić information content (AvgIpc) is 2.97. The third kappa shape index (κ3) is 6.45. The summed E-state index contributed by atoms with van der Waals surface area (Å²) >= 11 is 0. The van der Waals surface area contributed by atoms with E-state index in [9.17, 15) is 50.4 Å². The molecular formula is C27H32O14. The van der Waals surface area contributed by atoms with Gasteiger partial charge in [-0.05, 0) is 43.2 Å². The van der Waals surface area contributed by atoms with Gasteiger partial charge in [-0.3, -0.25) is 0 Å². The Kier molecular flexibility index (Phi) is 9.46. The van der Waals surface area contributed by atoms with Gasteiger partial charge < -0.3 is 59.8 Å². The molecule has 9 atom stereocenters. The zero-order valence-electron chi connectivity index (χ0n) is 21.6. The van der Waals surface area contributed by atoms with Gasteiger partial charge in [0.1, 0.15) is 55.2 Å². The molecule has 0 bridgehead atoms. The normalized spacial score (nSPS) is 33.5. The lowest BCUT2D eigenvalue weighted by Crippen LogP contribution is -2.65. The third-order valence-electron chi connectivity index (χ3n) is 7.09. The molecule has 0 aromatic heterocycles. The number of esters is 2. The number of hydrogen-bond donors (Lipinski definition) is 8. The molecule has 14 heteroatoms. The van der Waals surface area contributed by atoms with Gasteiger partial charge in [0.2, 0.25) is 11.9 Å². The first kappa shape index (κ1) is 30.6. The summed E-state index contributed by atoms with van der Waals surface area (Å²) in [5.74, 6) is -2.58. The van der Waals surface area contributed by atoms with Crippen LogP contribution in [0.25, 0.3) is 0 Å². The Balaban J connectivity index is 1.45. The summed E-state index contributed by atoms with van der Waals surface area (Å²) in [5.41, 5.74) is -2.60. The van der Waals surface area contributed by atoms with Gasteiger partial charge in [0.25, 0.3) is 0 Å². The number of hydrogen-bond acceptors (Lipinski definition) is 14. The highest BCUT2D eigenvalue weighted by molar-refractivity contribution is 5.89. The molecule has 2 aliphatic rings. The van der Waals surface area contributed by atoms with Gasteiger partial charge in [0.05, 0.1) is 17.8 Å². The molecule has 14 nitrogen and oxygen atoms in total. The number of ether oxygens (including phenoxy) is 4. The van der Waals surface area contributed by atoms with Crippen LogP contribution >= 0.6 is 0 Å². The molecule has 2 aromatic carbocycles. The molecular weight excluding hydrogens is 548 g/mol. The van der Waals surface area contributed by atoms with Crippen molar-refractivity contribution >= 4 is 11.9 Å². The molecule has 1 aliphatic heterocycles. The van der Waals surface area contributed by atoms with Crippen LogP contribution in [0.4, 0.5) is 0 Å². The van der Waals surface area contributed by atoms with E-state index < -0.39 is 79.8 Å². The summed E-state index contributed by atoms with van der Waals surface area (Å²) in [6.45, 7) is -1.18. The number of phenols is 1. The highest BCUT2D eigenvalue weighted by Crippen LogP contribution is 2.33. The molecule has 224 valence electrons. The van der Waals surface area contributed by atoms with E-state index in [0.717, 1.165) is 6.07 Å². The van der Waals surface area contributed by atoms with Crippen LogP contribution in [0.2, 0.25) is 0 Å². The fourth-order valence-corrected chi connectivity index (χ4v) is 4.60. The van der Waals surface area contributed by atoms with E-state index in [4.69, 9.17) is 18.9 Å². The molecule has 1 saturated heterocycles. The van der Waals surface area contributed by atoms with Crippen LogP contribution < -0.4 is 4.74 Å². The maximum atomic E-state index is 12.7. The van der Waals surface area contributed by atoms with Gasteiger partial charge in [-0.15, -0.1) is 0 Å². The van der Waals surface area contributed by atoms with Gasteiger partial charge in [-0.1, -0.05) is 18.2 Å². The first-order chi connectivity index (χ1) is 19.4. The van der Waals surface area contributed by atoms with Crippen LogP contribution in [0.1, 0.15) is 28.8 Å². The zero-order chi connectivity index (χ0) is 29.9. The molecule has 1 saturated carbocycles. The SMILES string of the molecule is O=C(OC[C@@H]1O[C@@H](Oc2ccc(O)cc2COC(=O)[C@@]2(O)[C@H](O)CC[C@H](O)[C@@H]2O)[C@@H](O)[C@@H](O)[C@H]1O)c1ccccc1. The number of carbonyl (C=O) groups is 2. The van der Waals surface area contributed by atoms with Crippen LogP contribution in [0, 0.1) is 0 Å². The predicted octanol–water partition coefficient (Wildman–Crippen LogP) is -1.91. The Labute approximate surface area is 233 Å². The Morgan fingerprint density at radius 3 is 2.32 bits per heavy atom. The van der Waals surface area contributed by atoms with Crippen LogP contribution in [0.3, 0.4) is 0 Å². The van der Waals surface area contributed by atoms with Crippen LogP contribution in [0.15, 0.2) is 48.5 Å². The van der Waals surface area contributed by atoms with E-state index in [1.165, 1.54) is 24.3 Å². The van der Waals surface area contributed by atoms with Crippen molar-refractivity contribution in [3.05, 3.63) is 59.7 Å². The second-order valence-electron chi connectivity index (χ2n) is 9.90. The van der Waals surface area contributed by atoms with E-state index in [0.29, 0.717) is 0 Å². The van der Waals surface area contributed by atoms with E-state index in [2.05, 4.69) is 0 Å². The van der Waals surface area contributed by atoms with E-state index >= 15 is 0 Å². The summed E-state index contributed by atoms with van der Waals surface area (Å²) in [4.78, 5) is 25.0.